The van der Waals surface area contributed by atoms with Crippen LogP contribution in [0.2, 0.25) is 0 Å². The number of nitrogens with two attached hydrogens (primary N) is 2. The maximum atomic E-state index is 12.9. The Labute approximate surface area is 187 Å². The minimum atomic E-state index is -0.368. The van der Waals surface area contributed by atoms with Gasteiger partial charge in [0, 0.05) is 16.3 Å². The summed E-state index contributed by atoms with van der Waals surface area (Å²) in [6, 6.07) is 10.1. The molecule has 4 rings (SSSR count). The molecule has 0 bridgehead atoms. The van der Waals surface area contributed by atoms with Crippen LogP contribution < -0.4 is 16.8 Å². The Bertz CT molecular complexity index is 1350. The molecule has 31 heavy (non-hydrogen) atoms. The first-order chi connectivity index (χ1) is 14.8. The van der Waals surface area contributed by atoms with Gasteiger partial charge in [0.1, 0.15) is 27.2 Å². The number of nitriles is 1. The normalized spacial score (nSPS) is 11.1. The minimum Gasteiger partial charge on any atom is -0.397 e. The number of fused-ring (bicyclic) bond motifs is 1. The van der Waals surface area contributed by atoms with Gasteiger partial charge in [-0.05, 0) is 24.0 Å². The van der Waals surface area contributed by atoms with E-state index in [0.29, 0.717) is 31.7 Å². The third-order valence-corrected chi connectivity index (χ3v) is 6.90. The maximum absolute atomic E-state index is 12.9. The van der Waals surface area contributed by atoms with Crippen molar-refractivity contribution in [1.82, 2.24) is 9.97 Å². The minimum absolute atomic E-state index is 0.113. The van der Waals surface area contributed by atoms with Crippen molar-refractivity contribution in [2.45, 2.75) is 26.7 Å². The molecule has 0 aliphatic rings. The van der Waals surface area contributed by atoms with Crippen LogP contribution in [0.25, 0.3) is 21.3 Å². The van der Waals surface area contributed by atoms with E-state index in [4.69, 9.17) is 11.5 Å². The van der Waals surface area contributed by atoms with E-state index in [1.807, 2.05) is 36.6 Å². The summed E-state index contributed by atoms with van der Waals surface area (Å²) in [7, 11) is 0. The zero-order valence-electron chi connectivity index (χ0n) is 17.2. The Hall–Kier alpha value is -3.48. The maximum Gasteiger partial charge on any atom is 0.269 e. The van der Waals surface area contributed by atoms with Gasteiger partial charge in [0.2, 0.25) is 0 Å². The van der Waals surface area contributed by atoms with Gasteiger partial charge in [-0.3, -0.25) is 10.1 Å². The van der Waals surface area contributed by atoms with E-state index in [2.05, 4.69) is 35.2 Å². The van der Waals surface area contributed by atoms with Gasteiger partial charge in [-0.15, -0.1) is 22.7 Å². The molecule has 0 radical (unpaired) electrons. The standard InChI is InChI=1S/C22H20N6OS2/c1-10(2)12-4-6-13(7-5-12)15-14(8-23)19(25)27-21-16(15)17(24)18(31-21)20(29)28-22-26-11(3)9-30-22/h4-7,9-10H,24H2,1-3H3,(H2,25,27)(H,26,28,29). The SMILES string of the molecule is Cc1csc(NC(=O)c2sc3nc(N)c(C#N)c(-c4ccc(C(C)C)cc4)c3c2N)n1. The second-order valence-electron chi connectivity index (χ2n) is 7.41. The van der Waals surface area contributed by atoms with Crippen LogP contribution in [-0.4, -0.2) is 15.9 Å². The van der Waals surface area contributed by atoms with E-state index in [-0.39, 0.29) is 23.0 Å². The molecule has 7 nitrogen and oxygen atoms in total. The fraction of sp³-hybridized carbons (Fsp3) is 0.182. The number of pyridine rings is 1. The molecule has 4 aromatic rings. The third kappa shape index (κ3) is 3.71. The molecule has 5 N–H and O–H groups in total. The predicted molar refractivity (Wildman–Crippen MR) is 127 cm³/mol. The summed E-state index contributed by atoms with van der Waals surface area (Å²) in [5.41, 5.74) is 16.4. The molecule has 156 valence electrons. The van der Waals surface area contributed by atoms with E-state index < -0.39 is 0 Å². The van der Waals surface area contributed by atoms with Gasteiger partial charge in [0.05, 0.1) is 11.4 Å². The zero-order chi connectivity index (χ0) is 22.3. The fourth-order valence-electron chi connectivity index (χ4n) is 3.34. The monoisotopic (exact) mass is 448 g/mol. The lowest BCUT2D eigenvalue weighted by molar-refractivity contribution is 0.103. The number of carbonyl (C=O) groups is 1. The Balaban J connectivity index is 1.88. The van der Waals surface area contributed by atoms with Crippen molar-refractivity contribution in [3.63, 3.8) is 0 Å². The first kappa shape index (κ1) is 20.8. The Morgan fingerprint density at radius 2 is 1.90 bits per heavy atom. The summed E-state index contributed by atoms with van der Waals surface area (Å²) in [5, 5.41) is 15.5. The molecule has 0 aliphatic carbocycles. The molecule has 0 fully saturated rings. The number of amides is 1. The van der Waals surface area contributed by atoms with E-state index in [1.165, 1.54) is 16.9 Å². The molecule has 0 unspecified atom stereocenters. The summed E-state index contributed by atoms with van der Waals surface area (Å²) in [6.45, 7) is 6.08. The van der Waals surface area contributed by atoms with Crippen LogP contribution in [0.15, 0.2) is 29.6 Å². The van der Waals surface area contributed by atoms with Crippen molar-refractivity contribution in [3.05, 3.63) is 51.3 Å². The molecule has 9 heteroatoms. The Morgan fingerprint density at radius 3 is 2.48 bits per heavy atom. The third-order valence-electron chi connectivity index (χ3n) is 4.93. The number of anilines is 3. The van der Waals surface area contributed by atoms with Gasteiger partial charge in [0.15, 0.2) is 5.13 Å². The number of rotatable bonds is 4. The topological polar surface area (TPSA) is 131 Å². The first-order valence-corrected chi connectivity index (χ1v) is 11.2. The summed E-state index contributed by atoms with van der Waals surface area (Å²) in [5.74, 6) is 0.123. The molecule has 3 aromatic heterocycles. The molecular weight excluding hydrogens is 428 g/mol. The van der Waals surface area contributed by atoms with Crippen molar-refractivity contribution in [1.29, 1.82) is 5.26 Å². The number of aromatic nitrogens is 2. The highest BCUT2D eigenvalue weighted by molar-refractivity contribution is 7.21. The van der Waals surface area contributed by atoms with Crippen LogP contribution in [0.4, 0.5) is 16.6 Å². The summed E-state index contributed by atoms with van der Waals surface area (Å²) >= 11 is 2.49. The number of nitrogen functional groups attached to an aromatic ring is 2. The molecule has 1 amide bonds. The van der Waals surface area contributed by atoms with Crippen molar-refractivity contribution in [2.24, 2.45) is 0 Å². The highest BCUT2D eigenvalue weighted by Gasteiger charge is 2.24. The number of thiazole rings is 1. The lowest BCUT2D eigenvalue weighted by Gasteiger charge is -2.11. The fourth-order valence-corrected chi connectivity index (χ4v) is 5.03. The predicted octanol–water partition coefficient (Wildman–Crippen LogP) is 5.14. The lowest BCUT2D eigenvalue weighted by atomic mass is 9.94. The number of hydrogen-bond donors (Lipinski definition) is 3. The lowest BCUT2D eigenvalue weighted by Crippen LogP contribution is -2.11. The van der Waals surface area contributed by atoms with Gasteiger partial charge in [-0.1, -0.05) is 38.1 Å². The smallest absolute Gasteiger partial charge is 0.269 e. The summed E-state index contributed by atoms with van der Waals surface area (Å²) in [6.07, 6.45) is 0. The van der Waals surface area contributed by atoms with Crippen LogP contribution in [0.5, 0.6) is 0 Å². The molecule has 0 atom stereocenters. The molecule has 3 heterocycles. The average Bonchev–Trinajstić information content (AvgIpc) is 3.29. The van der Waals surface area contributed by atoms with E-state index in [0.717, 1.165) is 22.6 Å². The van der Waals surface area contributed by atoms with Crippen LogP contribution in [0.1, 0.15) is 46.3 Å². The zero-order valence-corrected chi connectivity index (χ0v) is 18.8. The number of benzene rings is 1. The first-order valence-electron chi connectivity index (χ1n) is 9.55. The van der Waals surface area contributed by atoms with E-state index in [1.54, 1.807) is 0 Å². The quantitative estimate of drug-likeness (QED) is 0.396. The number of hydrogen-bond acceptors (Lipinski definition) is 8. The largest absolute Gasteiger partial charge is 0.397 e. The van der Waals surface area contributed by atoms with Crippen molar-refractivity contribution >= 4 is 55.4 Å². The van der Waals surface area contributed by atoms with Gasteiger partial charge >= 0.3 is 0 Å². The Kier molecular flexibility index (Phi) is 5.35. The summed E-state index contributed by atoms with van der Waals surface area (Å²) in [4.78, 5) is 22.3. The molecular formula is C22H20N6OS2. The molecule has 1 aromatic carbocycles. The number of nitrogens with zero attached hydrogens (tertiary/aromatic N) is 3. The van der Waals surface area contributed by atoms with Gasteiger partial charge < -0.3 is 11.5 Å². The Morgan fingerprint density at radius 1 is 1.19 bits per heavy atom. The van der Waals surface area contributed by atoms with Crippen LogP contribution in [0, 0.1) is 18.3 Å². The number of carbonyl (C=O) groups excluding carboxylic acids is 1. The highest BCUT2D eigenvalue weighted by Crippen LogP contribution is 2.43. The van der Waals surface area contributed by atoms with Crippen molar-refractivity contribution in [3.8, 4) is 17.2 Å². The van der Waals surface area contributed by atoms with E-state index in [9.17, 15) is 10.1 Å². The van der Waals surface area contributed by atoms with E-state index >= 15 is 0 Å². The highest BCUT2D eigenvalue weighted by atomic mass is 32.1. The average molecular weight is 449 g/mol. The second kappa shape index (κ2) is 7.98. The van der Waals surface area contributed by atoms with Crippen LogP contribution in [-0.2, 0) is 0 Å². The molecule has 0 aliphatic heterocycles. The van der Waals surface area contributed by atoms with Crippen molar-refractivity contribution < 1.29 is 4.79 Å². The number of nitrogens with one attached hydrogen (secondary N) is 1. The molecule has 0 saturated heterocycles. The van der Waals surface area contributed by atoms with Crippen LogP contribution in [0.3, 0.4) is 0 Å². The van der Waals surface area contributed by atoms with Crippen molar-refractivity contribution in [2.75, 3.05) is 16.8 Å². The second-order valence-corrected chi connectivity index (χ2v) is 9.27. The number of aryl methyl sites for hydroxylation is 1. The van der Waals surface area contributed by atoms with Gasteiger partial charge in [0.25, 0.3) is 5.91 Å². The number of thiophene rings is 1. The molecule has 0 saturated carbocycles. The molecule has 0 spiro atoms. The van der Waals surface area contributed by atoms with Crippen LogP contribution >= 0.6 is 22.7 Å². The van der Waals surface area contributed by atoms with Gasteiger partial charge in [-0.2, -0.15) is 5.26 Å². The summed E-state index contributed by atoms with van der Waals surface area (Å²) < 4.78 is 0. The van der Waals surface area contributed by atoms with Gasteiger partial charge in [-0.25, -0.2) is 9.97 Å².